The molecule has 1 aromatic carbocycles. The van der Waals surface area contributed by atoms with Gasteiger partial charge in [-0.2, -0.15) is 0 Å². The van der Waals surface area contributed by atoms with Gasteiger partial charge in [0.25, 0.3) is 0 Å². The Balaban J connectivity index is 1.82. The number of benzene rings is 1. The molecule has 1 aromatic heterocycles. The number of allylic oxidation sites excluding steroid dienone is 2. The first-order chi connectivity index (χ1) is 9.74. The second kappa shape index (κ2) is 4.88. The highest BCUT2D eigenvalue weighted by Gasteiger charge is 2.38. The summed E-state index contributed by atoms with van der Waals surface area (Å²) in [4.78, 5) is 1.51. The van der Waals surface area contributed by atoms with Gasteiger partial charge >= 0.3 is 0 Å². The number of nitrogens with one attached hydrogen (secondary N) is 1. The zero-order chi connectivity index (χ0) is 13.7. The van der Waals surface area contributed by atoms with Gasteiger partial charge in [0, 0.05) is 20.1 Å². The first kappa shape index (κ1) is 12.9. The number of fused-ring (bicyclic) bond motifs is 3. The highest BCUT2D eigenvalue weighted by molar-refractivity contribution is 14.1. The first-order valence-corrected chi connectivity index (χ1v) is 8.96. The Bertz CT molecular complexity index is 688. The fourth-order valence-corrected chi connectivity index (χ4v) is 5.10. The molecule has 1 aliphatic heterocycles. The predicted molar refractivity (Wildman–Crippen MR) is 94.6 cm³/mol. The predicted octanol–water partition coefficient (Wildman–Crippen LogP) is 5.49. The summed E-state index contributed by atoms with van der Waals surface area (Å²) in [5.41, 5.74) is 4.21. The molecule has 3 unspecified atom stereocenters. The van der Waals surface area contributed by atoms with Gasteiger partial charge in [-0.1, -0.05) is 12.2 Å². The lowest BCUT2D eigenvalue weighted by Crippen LogP contribution is -2.28. The van der Waals surface area contributed by atoms with Gasteiger partial charge in [-0.05, 0) is 82.6 Å². The molecule has 4 rings (SSSR count). The van der Waals surface area contributed by atoms with E-state index in [2.05, 4.69) is 76.6 Å². The Morgan fingerprint density at radius 1 is 1.30 bits per heavy atom. The molecule has 1 nitrogen and oxygen atoms in total. The summed E-state index contributed by atoms with van der Waals surface area (Å²) in [5.74, 6) is 1.24. The summed E-state index contributed by atoms with van der Waals surface area (Å²) in [6.45, 7) is 2.23. The van der Waals surface area contributed by atoms with Crippen molar-refractivity contribution >= 4 is 39.6 Å². The maximum atomic E-state index is 3.81. The van der Waals surface area contributed by atoms with Gasteiger partial charge < -0.3 is 5.32 Å². The SMILES string of the molecule is Cc1ccsc1C1Nc2ccc(I)cc2C2C=CCC21. The van der Waals surface area contributed by atoms with Crippen molar-refractivity contribution < 1.29 is 0 Å². The van der Waals surface area contributed by atoms with Gasteiger partial charge in [-0.25, -0.2) is 0 Å². The van der Waals surface area contributed by atoms with Crippen molar-refractivity contribution in [1.29, 1.82) is 0 Å². The van der Waals surface area contributed by atoms with Gasteiger partial charge in [0.2, 0.25) is 0 Å². The number of halogens is 1. The van der Waals surface area contributed by atoms with Crippen LogP contribution in [-0.2, 0) is 0 Å². The number of aryl methyl sites for hydroxylation is 1. The summed E-state index contributed by atoms with van der Waals surface area (Å²) < 4.78 is 1.33. The Morgan fingerprint density at radius 2 is 2.20 bits per heavy atom. The number of rotatable bonds is 1. The van der Waals surface area contributed by atoms with E-state index in [4.69, 9.17) is 0 Å². The molecule has 0 fully saturated rings. The molecule has 20 heavy (non-hydrogen) atoms. The summed E-state index contributed by atoms with van der Waals surface area (Å²) in [6.07, 6.45) is 5.96. The highest BCUT2D eigenvalue weighted by atomic mass is 127. The van der Waals surface area contributed by atoms with Crippen LogP contribution in [0.25, 0.3) is 0 Å². The molecule has 3 heteroatoms. The average molecular weight is 393 g/mol. The molecule has 2 aliphatic rings. The van der Waals surface area contributed by atoms with Crippen LogP contribution in [0, 0.1) is 16.4 Å². The maximum absolute atomic E-state index is 3.81. The molecular formula is C17H16INS. The third-order valence-electron chi connectivity index (χ3n) is 4.51. The molecule has 0 amide bonds. The molecule has 3 atom stereocenters. The van der Waals surface area contributed by atoms with Gasteiger partial charge in [0.15, 0.2) is 0 Å². The molecule has 0 bridgehead atoms. The fraction of sp³-hybridized carbons (Fsp3) is 0.294. The molecule has 102 valence electrons. The van der Waals surface area contributed by atoms with Crippen LogP contribution in [0.4, 0.5) is 5.69 Å². The van der Waals surface area contributed by atoms with Crippen molar-refractivity contribution in [2.24, 2.45) is 5.92 Å². The molecule has 1 N–H and O–H groups in total. The summed E-state index contributed by atoms with van der Waals surface area (Å²) >= 11 is 4.30. The van der Waals surface area contributed by atoms with Crippen LogP contribution in [0.15, 0.2) is 41.8 Å². The Morgan fingerprint density at radius 3 is 3.00 bits per heavy atom. The van der Waals surface area contributed by atoms with Crippen LogP contribution in [0.5, 0.6) is 0 Å². The second-order valence-electron chi connectivity index (χ2n) is 5.67. The maximum Gasteiger partial charge on any atom is 0.0649 e. The lowest BCUT2D eigenvalue weighted by molar-refractivity contribution is 0.429. The monoisotopic (exact) mass is 393 g/mol. The van der Waals surface area contributed by atoms with E-state index in [0.717, 1.165) is 0 Å². The molecule has 0 spiro atoms. The van der Waals surface area contributed by atoms with Gasteiger partial charge in [-0.3, -0.25) is 0 Å². The molecule has 0 saturated carbocycles. The summed E-state index contributed by atoms with van der Waals surface area (Å²) in [7, 11) is 0. The number of anilines is 1. The standard InChI is InChI=1S/C17H16INS/c1-10-7-8-20-17(10)16-13-4-2-3-12(13)14-9-11(18)5-6-15(14)19-16/h2-3,5-9,12-13,16,19H,4H2,1H3. The first-order valence-electron chi connectivity index (χ1n) is 7.00. The van der Waals surface area contributed by atoms with Crippen molar-refractivity contribution in [2.75, 3.05) is 5.32 Å². The number of hydrogen-bond donors (Lipinski definition) is 1. The molecule has 1 aliphatic carbocycles. The molecular weight excluding hydrogens is 377 g/mol. The Hall–Kier alpha value is -0.810. The van der Waals surface area contributed by atoms with Crippen molar-refractivity contribution in [2.45, 2.75) is 25.3 Å². The molecule has 2 aromatic rings. The zero-order valence-electron chi connectivity index (χ0n) is 11.3. The molecule has 2 heterocycles. The van der Waals surface area contributed by atoms with Crippen LogP contribution in [0.1, 0.15) is 34.4 Å². The average Bonchev–Trinajstić information content (AvgIpc) is 3.07. The van der Waals surface area contributed by atoms with Gasteiger partial charge in [0.1, 0.15) is 0 Å². The van der Waals surface area contributed by atoms with Gasteiger partial charge in [0.05, 0.1) is 6.04 Å². The smallest absolute Gasteiger partial charge is 0.0649 e. The van der Waals surface area contributed by atoms with E-state index in [1.807, 2.05) is 11.3 Å². The van der Waals surface area contributed by atoms with E-state index in [9.17, 15) is 0 Å². The van der Waals surface area contributed by atoms with Crippen LogP contribution in [0.2, 0.25) is 0 Å². The largest absolute Gasteiger partial charge is 0.377 e. The van der Waals surface area contributed by atoms with E-state index < -0.39 is 0 Å². The molecule has 0 radical (unpaired) electrons. The minimum absolute atomic E-state index is 0.461. The van der Waals surface area contributed by atoms with Gasteiger partial charge in [-0.15, -0.1) is 11.3 Å². The Labute approximate surface area is 137 Å². The van der Waals surface area contributed by atoms with E-state index in [1.54, 1.807) is 0 Å². The van der Waals surface area contributed by atoms with E-state index in [1.165, 1.54) is 31.7 Å². The number of hydrogen-bond acceptors (Lipinski definition) is 2. The lowest BCUT2D eigenvalue weighted by atomic mass is 9.78. The van der Waals surface area contributed by atoms with Crippen LogP contribution < -0.4 is 5.32 Å². The van der Waals surface area contributed by atoms with Crippen molar-refractivity contribution in [3.63, 3.8) is 0 Å². The third-order valence-corrected chi connectivity index (χ3v) is 6.28. The van der Waals surface area contributed by atoms with Crippen molar-refractivity contribution in [3.05, 3.63) is 61.4 Å². The van der Waals surface area contributed by atoms with E-state index in [0.29, 0.717) is 17.9 Å². The third kappa shape index (κ3) is 1.94. The minimum Gasteiger partial charge on any atom is -0.377 e. The van der Waals surface area contributed by atoms with Crippen molar-refractivity contribution in [3.8, 4) is 0 Å². The molecule has 0 saturated heterocycles. The highest BCUT2D eigenvalue weighted by Crippen LogP contribution is 2.51. The number of thiophene rings is 1. The Kier molecular flexibility index (Phi) is 3.15. The quantitative estimate of drug-likeness (QED) is 0.499. The topological polar surface area (TPSA) is 12.0 Å². The fourth-order valence-electron chi connectivity index (χ4n) is 3.53. The van der Waals surface area contributed by atoms with Crippen LogP contribution in [-0.4, -0.2) is 0 Å². The minimum atomic E-state index is 0.461. The lowest BCUT2D eigenvalue weighted by Gasteiger charge is -2.37. The van der Waals surface area contributed by atoms with E-state index in [-0.39, 0.29) is 0 Å². The zero-order valence-corrected chi connectivity index (χ0v) is 14.2. The summed E-state index contributed by atoms with van der Waals surface area (Å²) in [6, 6.07) is 9.48. The van der Waals surface area contributed by atoms with Crippen LogP contribution in [0.3, 0.4) is 0 Å². The van der Waals surface area contributed by atoms with Crippen LogP contribution >= 0.6 is 33.9 Å². The summed E-state index contributed by atoms with van der Waals surface area (Å²) in [5, 5.41) is 6.02. The van der Waals surface area contributed by atoms with E-state index >= 15 is 0 Å². The van der Waals surface area contributed by atoms with Crippen molar-refractivity contribution in [1.82, 2.24) is 0 Å². The second-order valence-corrected chi connectivity index (χ2v) is 7.87. The normalized spacial score (nSPS) is 27.0.